The Balaban J connectivity index is 1.99. The van der Waals surface area contributed by atoms with Crippen molar-refractivity contribution in [3.63, 3.8) is 0 Å². The zero-order valence-electron chi connectivity index (χ0n) is 14.6. The Morgan fingerprint density at radius 2 is 1.57 bits per heavy atom. The van der Waals surface area contributed by atoms with Crippen LogP contribution in [0.5, 0.6) is 0 Å². The van der Waals surface area contributed by atoms with Crippen molar-refractivity contribution in [2.75, 3.05) is 0 Å². The van der Waals surface area contributed by atoms with Crippen LogP contribution in [-0.4, -0.2) is 5.11 Å². The van der Waals surface area contributed by atoms with Gasteiger partial charge in [0, 0.05) is 9.75 Å². The average molecular weight is 309 g/mol. The average Bonchev–Trinajstić information content (AvgIpc) is 2.86. The van der Waals surface area contributed by atoms with Crippen molar-refractivity contribution in [2.24, 2.45) is 17.3 Å². The molecular weight excluding hydrogens is 276 g/mol. The van der Waals surface area contributed by atoms with Crippen molar-refractivity contribution in [2.45, 2.75) is 78.7 Å². The first kappa shape index (κ1) is 17.0. The summed E-state index contributed by atoms with van der Waals surface area (Å²) in [5.74, 6) is 1.27. The minimum absolute atomic E-state index is 0.187. The van der Waals surface area contributed by atoms with Crippen molar-refractivity contribution in [1.29, 1.82) is 0 Å². The fourth-order valence-electron chi connectivity index (χ4n) is 3.45. The summed E-state index contributed by atoms with van der Waals surface area (Å²) >= 11 is 1.80. The molecule has 0 amide bonds. The topological polar surface area (TPSA) is 20.2 Å². The molecule has 1 aliphatic carbocycles. The lowest BCUT2D eigenvalue weighted by atomic mass is 9.69. The van der Waals surface area contributed by atoms with E-state index in [-0.39, 0.29) is 11.5 Å². The molecule has 1 saturated carbocycles. The molecule has 1 aromatic heterocycles. The zero-order chi connectivity index (χ0) is 15.8. The molecule has 1 nitrogen and oxygen atoms in total. The summed E-state index contributed by atoms with van der Waals surface area (Å²) in [5, 5.41) is 10.7. The van der Waals surface area contributed by atoms with Gasteiger partial charge in [0.05, 0.1) is 6.10 Å². The molecule has 0 aliphatic heterocycles. The quantitative estimate of drug-likeness (QED) is 0.717. The van der Waals surface area contributed by atoms with Crippen LogP contribution in [0.4, 0.5) is 0 Å². The van der Waals surface area contributed by atoms with Gasteiger partial charge in [-0.2, -0.15) is 0 Å². The van der Waals surface area contributed by atoms with Crippen molar-refractivity contribution in [3.8, 4) is 0 Å². The Morgan fingerprint density at radius 1 is 1.00 bits per heavy atom. The maximum atomic E-state index is 10.7. The van der Waals surface area contributed by atoms with Gasteiger partial charge >= 0.3 is 0 Å². The minimum Gasteiger partial charge on any atom is -0.387 e. The third-order valence-corrected chi connectivity index (χ3v) is 6.68. The van der Waals surface area contributed by atoms with Crippen LogP contribution in [0.25, 0.3) is 0 Å². The Bertz CT molecular complexity index is 453. The smallest absolute Gasteiger partial charge is 0.0910 e. The van der Waals surface area contributed by atoms with Crippen LogP contribution in [0.1, 0.15) is 83.1 Å². The molecule has 21 heavy (non-hydrogen) atoms. The molecule has 1 fully saturated rings. The Labute approximate surface area is 134 Å². The van der Waals surface area contributed by atoms with Gasteiger partial charge in [-0.05, 0) is 60.5 Å². The summed E-state index contributed by atoms with van der Waals surface area (Å²) in [6, 6.07) is 4.34. The summed E-state index contributed by atoms with van der Waals surface area (Å²) in [4.78, 5) is 2.54. The van der Waals surface area contributed by atoms with E-state index in [1.165, 1.54) is 35.4 Å². The SMILES string of the molecule is CC(C)(C)c1ccc(C(O)C2CCC(C(C)(C)C)CC2)s1. The molecule has 1 aliphatic rings. The summed E-state index contributed by atoms with van der Waals surface area (Å²) < 4.78 is 0. The van der Waals surface area contributed by atoms with Crippen LogP contribution in [-0.2, 0) is 5.41 Å². The van der Waals surface area contributed by atoms with E-state index in [9.17, 15) is 5.11 Å². The van der Waals surface area contributed by atoms with Gasteiger partial charge in [-0.15, -0.1) is 11.3 Å². The number of aliphatic hydroxyl groups is 1. The van der Waals surface area contributed by atoms with Gasteiger partial charge in [0.15, 0.2) is 0 Å². The summed E-state index contributed by atoms with van der Waals surface area (Å²) in [6.07, 6.45) is 4.62. The van der Waals surface area contributed by atoms with E-state index in [4.69, 9.17) is 0 Å². The number of rotatable bonds is 2. The number of aliphatic hydroxyl groups excluding tert-OH is 1. The summed E-state index contributed by atoms with van der Waals surface area (Å²) in [5.41, 5.74) is 0.602. The second-order valence-electron chi connectivity index (χ2n) is 8.87. The molecule has 0 spiro atoms. The van der Waals surface area contributed by atoms with Gasteiger partial charge < -0.3 is 5.11 Å². The van der Waals surface area contributed by atoms with Crippen molar-refractivity contribution >= 4 is 11.3 Å². The number of hydrogen-bond donors (Lipinski definition) is 1. The number of thiophene rings is 1. The van der Waals surface area contributed by atoms with E-state index in [2.05, 4.69) is 53.7 Å². The molecule has 0 aromatic carbocycles. The van der Waals surface area contributed by atoms with Crippen molar-refractivity contribution in [1.82, 2.24) is 0 Å². The van der Waals surface area contributed by atoms with E-state index in [1.807, 2.05) is 0 Å². The van der Waals surface area contributed by atoms with E-state index in [0.717, 1.165) is 5.92 Å². The minimum atomic E-state index is -0.257. The van der Waals surface area contributed by atoms with Crippen molar-refractivity contribution < 1.29 is 5.11 Å². The first-order valence-corrected chi connectivity index (χ1v) is 9.19. The Morgan fingerprint density at radius 3 is 2.00 bits per heavy atom. The van der Waals surface area contributed by atoms with Crippen molar-refractivity contribution in [3.05, 3.63) is 21.9 Å². The zero-order valence-corrected chi connectivity index (χ0v) is 15.4. The van der Waals surface area contributed by atoms with E-state index in [1.54, 1.807) is 11.3 Å². The van der Waals surface area contributed by atoms with Crippen LogP contribution >= 0.6 is 11.3 Å². The van der Waals surface area contributed by atoms with Crippen LogP contribution in [0.3, 0.4) is 0 Å². The molecule has 0 radical (unpaired) electrons. The predicted molar refractivity (Wildman–Crippen MR) is 92.9 cm³/mol. The maximum absolute atomic E-state index is 10.7. The highest BCUT2D eigenvalue weighted by molar-refractivity contribution is 7.12. The molecule has 2 heteroatoms. The van der Waals surface area contributed by atoms with E-state index >= 15 is 0 Å². The Hall–Kier alpha value is -0.340. The lowest BCUT2D eigenvalue weighted by Crippen LogP contribution is -2.27. The molecule has 1 aromatic rings. The van der Waals surface area contributed by atoms with E-state index in [0.29, 0.717) is 11.3 Å². The standard InChI is InChI=1S/C19H32OS/c1-18(2,3)14-9-7-13(8-10-14)17(20)15-11-12-16(21-15)19(4,5)6/h11-14,17,20H,7-10H2,1-6H3. The molecule has 1 atom stereocenters. The van der Waals surface area contributed by atoms with Gasteiger partial charge in [0.25, 0.3) is 0 Å². The molecule has 0 saturated heterocycles. The monoisotopic (exact) mass is 308 g/mol. The lowest BCUT2D eigenvalue weighted by molar-refractivity contribution is 0.0550. The van der Waals surface area contributed by atoms with Crippen LogP contribution < -0.4 is 0 Å². The predicted octanol–water partition coefficient (Wildman–Crippen LogP) is 5.93. The number of hydrogen-bond acceptors (Lipinski definition) is 2. The second-order valence-corrected chi connectivity index (χ2v) is 9.99. The van der Waals surface area contributed by atoms with Crippen LogP contribution in [0, 0.1) is 17.3 Å². The maximum Gasteiger partial charge on any atom is 0.0910 e. The highest BCUT2D eigenvalue weighted by atomic mass is 32.1. The summed E-state index contributed by atoms with van der Waals surface area (Å²) in [6.45, 7) is 13.8. The molecule has 2 rings (SSSR count). The highest BCUT2D eigenvalue weighted by Gasteiger charge is 2.33. The molecule has 0 bridgehead atoms. The molecule has 1 unspecified atom stereocenters. The lowest BCUT2D eigenvalue weighted by Gasteiger charge is -2.38. The third-order valence-electron chi connectivity index (χ3n) is 5.10. The normalized spacial score (nSPS) is 25.9. The first-order valence-electron chi connectivity index (χ1n) is 8.37. The highest BCUT2D eigenvalue weighted by Crippen LogP contribution is 2.44. The fourth-order valence-corrected chi connectivity index (χ4v) is 4.59. The third kappa shape index (κ3) is 4.10. The van der Waals surface area contributed by atoms with Crippen LogP contribution in [0.15, 0.2) is 12.1 Å². The summed E-state index contributed by atoms with van der Waals surface area (Å²) in [7, 11) is 0. The van der Waals surface area contributed by atoms with Crippen LogP contribution in [0.2, 0.25) is 0 Å². The fraction of sp³-hybridized carbons (Fsp3) is 0.789. The first-order chi connectivity index (χ1) is 9.59. The van der Waals surface area contributed by atoms with Gasteiger partial charge in [-0.3, -0.25) is 0 Å². The van der Waals surface area contributed by atoms with E-state index < -0.39 is 0 Å². The molecular formula is C19H32OS. The van der Waals surface area contributed by atoms with Gasteiger partial charge in [0.1, 0.15) is 0 Å². The molecule has 120 valence electrons. The van der Waals surface area contributed by atoms with Gasteiger partial charge in [-0.25, -0.2) is 0 Å². The Kier molecular flexibility index (Phi) is 4.90. The van der Waals surface area contributed by atoms with Gasteiger partial charge in [0.2, 0.25) is 0 Å². The second kappa shape index (κ2) is 6.04. The van der Waals surface area contributed by atoms with Gasteiger partial charge in [-0.1, -0.05) is 41.5 Å². The molecule has 1 N–H and O–H groups in total. The molecule has 1 heterocycles. The largest absolute Gasteiger partial charge is 0.387 e.